The van der Waals surface area contributed by atoms with E-state index in [2.05, 4.69) is 0 Å². The Hall–Kier alpha value is -2.38. The van der Waals surface area contributed by atoms with Crippen molar-refractivity contribution in [2.24, 2.45) is 0 Å². The lowest BCUT2D eigenvalue weighted by molar-refractivity contribution is -0.289. The molecule has 0 fully saturated rings. The maximum atomic E-state index is 14.2. The third-order valence-corrected chi connectivity index (χ3v) is 4.92. The molecule has 2 aromatic rings. The van der Waals surface area contributed by atoms with Crippen molar-refractivity contribution in [2.75, 3.05) is 0 Å². The van der Waals surface area contributed by atoms with Crippen LogP contribution in [0.15, 0.2) is 24.3 Å². The lowest BCUT2D eigenvalue weighted by Gasteiger charge is -2.40. The fourth-order valence-electron chi connectivity index (χ4n) is 3.40. The minimum Gasteiger partial charge on any atom is -0.507 e. The molecule has 0 aliphatic carbocycles. The van der Waals surface area contributed by atoms with E-state index in [0.29, 0.717) is 0 Å². The van der Waals surface area contributed by atoms with Gasteiger partial charge in [0.1, 0.15) is 11.5 Å². The van der Waals surface area contributed by atoms with Crippen molar-refractivity contribution in [1.82, 2.24) is 0 Å². The first-order valence-electron chi connectivity index (χ1n) is 7.90. The average Bonchev–Trinajstić information content (AvgIpc) is 2.52. The van der Waals surface area contributed by atoms with Crippen LogP contribution >= 0.6 is 0 Å². The predicted octanol–water partition coefficient (Wildman–Crippen LogP) is 5.74. The van der Waals surface area contributed by atoms with Crippen LogP contribution in [0.1, 0.15) is 33.4 Å². The van der Waals surface area contributed by atoms with Crippen molar-refractivity contribution in [3.05, 3.63) is 57.6 Å². The molecule has 2 rings (SSSR count). The van der Waals surface area contributed by atoms with Gasteiger partial charge in [0, 0.05) is 0 Å². The molecule has 0 bridgehead atoms. The number of phenols is 2. The largest absolute Gasteiger partial charge is 0.507 e. The van der Waals surface area contributed by atoms with Gasteiger partial charge in [0.2, 0.25) is 5.41 Å². The van der Waals surface area contributed by atoms with E-state index in [-0.39, 0.29) is 11.1 Å². The highest BCUT2D eigenvalue weighted by Gasteiger charge is 2.73. The van der Waals surface area contributed by atoms with Crippen LogP contribution in [0.5, 0.6) is 11.5 Å². The van der Waals surface area contributed by atoms with E-state index >= 15 is 0 Å². The lowest BCUT2D eigenvalue weighted by atomic mass is 9.69. The maximum absolute atomic E-state index is 14.2. The first-order chi connectivity index (χ1) is 12.2. The van der Waals surface area contributed by atoms with Crippen molar-refractivity contribution < 1.29 is 36.6 Å². The van der Waals surface area contributed by atoms with Crippen LogP contribution in [0.25, 0.3) is 0 Å². The number of hydrogen-bond donors (Lipinski definition) is 2. The second-order valence-corrected chi connectivity index (χ2v) is 6.55. The van der Waals surface area contributed by atoms with Gasteiger partial charge < -0.3 is 10.2 Å². The number of alkyl halides is 6. The van der Waals surface area contributed by atoms with Gasteiger partial charge in [0.05, 0.1) is 0 Å². The molecule has 8 heteroatoms. The van der Waals surface area contributed by atoms with E-state index in [1.165, 1.54) is 13.8 Å². The van der Waals surface area contributed by atoms with Crippen molar-refractivity contribution in [1.29, 1.82) is 0 Å². The van der Waals surface area contributed by atoms with E-state index in [1.54, 1.807) is 0 Å². The highest BCUT2D eigenvalue weighted by molar-refractivity contribution is 5.58. The van der Waals surface area contributed by atoms with Crippen molar-refractivity contribution in [3.8, 4) is 11.5 Å². The summed E-state index contributed by atoms with van der Waals surface area (Å²) >= 11 is 0. The summed E-state index contributed by atoms with van der Waals surface area (Å²) in [5.41, 5.74) is -7.41. The highest BCUT2D eigenvalue weighted by atomic mass is 19.4. The topological polar surface area (TPSA) is 40.5 Å². The van der Waals surface area contributed by atoms with Gasteiger partial charge >= 0.3 is 12.4 Å². The average molecular weight is 392 g/mol. The maximum Gasteiger partial charge on any atom is 0.411 e. The zero-order chi connectivity index (χ0) is 20.9. The van der Waals surface area contributed by atoms with E-state index in [4.69, 9.17) is 0 Å². The van der Waals surface area contributed by atoms with Gasteiger partial charge in [0.15, 0.2) is 0 Å². The van der Waals surface area contributed by atoms with Crippen molar-refractivity contribution in [3.63, 3.8) is 0 Å². The Kier molecular flexibility index (Phi) is 4.92. The number of aryl methyl sites for hydroxylation is 2. The zero-order valence-electron chi connectivity index (χ0n) is 15.0. The van der Waals surface area contributed by atoms with Gasteiger partial charge in [-0.15, -0.1) is 0 Å². The normalized spacial score (nSPS) is 13.1. The van der Waals surface area contributed by atoms with Gasteiger partial charge in [-0.1, -0.05) is 24.3 Å². The molecule has 2 N–H and O–H groups in total. The number of aromatic hydroxyl groups is 2. The second kappa shape index (κ2) is 6.35. The predicted molar refractivity (Wildman–Crippen MR) is 88.1 cm³/mol. The zero-order valence-corrected chi connectivity index (χ0v) is 15.0. The monoisotopic (exact) mass is 392 g/mol. The molecule has 0 amide bonds. The summed E-state index contributed by atoms with van der Waals surface area (Å²) in [7, 11) is 0. The Bertz CT molecular complexity index is 808. The second-order valence-electron chi connectivity index (χ2n) is 6.55. The SMILES string of the molecule is Cc1ccc(C(c2ccc(C)c(O)c2C)(C(F)(F)F)C(F)(F)F)c(C)c1O. The van der Waals surface area contributed by atoms with Crippen molar-refractivity contribution in [2.45, 2.75) is 45.5 Å². The van der Waals surface area contributed by atoms with E-state index in [0.717, 1.165) is 38.1 Å². The molecule has 0 atom stereocenters. The fraction of sp³-hybridized carbons (Fsp3) is 0.368. The summed E-state index contributed by atoms with van der Waals surface area (Å²) in [6, 6.07) is 3.46. The summed E-state index contributed by atoms with van der Waals surface area (Å²) in [6.07, 6.45) is -11.6. The molecule has 2 aromatic carbocycles. The summed E-state index contributed by atoms with van der Waals surface area (Å²) in [6.45, 7) is 4.76. The number of hydrogen-bond acceptors (Lipinski definition) is 2. The van der Waals surface area contributed by atoms with Crippen LogP contribution in [0, 0.1) is 27.7 Å². The summed E-state index contributed by atoms with van der Waals surface area (Å²) in [5.74, 6) is -1.28. The molecular formula is C19H18F6O2. The number of halogens is 6. The van der Waals surface area contributed by atoms with Gasteiger partial charge in [-0.2, -0.15) is 26.3 Å². The quantitative estimate of drug-likeness (QED) is 0.640. The van der Waals surface area contributed by atoms with Crippen LogP contribution < -0.4 is 0 Å². The molecule has 0 aliphatic heterocycles. The molecule has 0 heterocycles. The number of phenolic OH excluding ortho intramolecular Hbond substituents is 2. The highest BCUT2D eigenvalue weighted by Crippen LogP contribution is 2.59. The molecule has 0 aliphatic rings. The molecule has 2 nitrogen and oxygen atoms in total. The minimum absolute atomic E-state index is 0.151. The fourth-order valence-corrected chi connectivity index (χ4v) is 3.40. The molecule has 148 valence electrons. The molecular weight excluding hydrogens is 374 g/mol. The number of rotatable bonds is 2. The molecule has 0 saturated carbocycles. The Labute approximate surface area is 152 Å². The van der Waals surface area contributed by atoms with Crippen molar-refractivity contribution >= 4 is 0 Å². The lowest BCUT2D eigenvalue weighted by Crippen LogP contribution is -2.55. The summed E-state index contributed by atoms with van der Waals surface area (Å²) < 4.78 is 85.1. The van der Waals surface area contributed by atoms with E-state index < -0.39 is 51.5 Å². The van der Waals surface area contributed by atoms with Gasteiger partial charge in [-0.3, -0.25) is 0 Å². The molecule has 0 aromatic heterocycles. The standard InChI is InChI=1S/C19H18F6O2/c1-9-5-7-13(11(3)15(9)26)17(18(20,21)22,19(23,24)25)14-8-6-10(2)16(27)12(14)4/h5-8,26-27H,1-4H3. The Morgan fingerprint density at radius 2 is 0.889 bits per heavy atom. The van der Waals surface area contributed by atoms with Crippen LogP contribution in [0.3, 0.4) is 0 Å². The van der Waals surface area contributed by atoms with Gasteiger partial charge in [-0.05, 0) is 61.1 Å². The van der Waals surface area contributed by atoms with Crippen LogP contribution in [0.2, 0.25) is 0 Å². The molecule has 0 radical (unpaired) electrons. The van der Waals surface area contributed by atoms with Gasteiger partial charge in [0.25, 0.3) is 0 Å². The van der Waals surface area contributed by atoms with Crippen LogP contribution in [-0.4, -0.2) is 22.6 Å². The molecule has 27 heavy (non-hydrogen) atoms. The van der Waals surface area contributed by atoms with Crippen LogP contribution in [-0.2, 0) is 5.41 Å². The third kappa shape index (κ3) is 2.91. The minimum atomic E-state index is -5.79. The van der Waals surface area contributed by atoms with Gasteiger partial charge in [-0.25, -0.2) is 0 Å². The molecule has 0 unspecified atom stereocenters. The Balaban J connectivity index is 3.13. The van der Waals surface area contributed by atoms with Crippen LogP contribution in [0.4, 0.5) is 26.3 Å². The first-order valence-corrected chi connectivity index (χ1v) is 7.90. The summed E-state index contributed by atoms with van der Waals surface area (Å²) in [5, 5.41) is 20.0. The number of benzene rings is 2. The Morgan fingerprint density at radius 1 is 0.593 bits per heavy atom. The molecule has 0 spiro atoms. The first kappa shape index (κ1) is 20.9. The summed E-state index contributed by atoms with van der Waals surface area (Å²) in [4.78, 5) is 0. The van der Waals surface area contributed by atoms with E-state index in [9.17, 15) is 36.6 Å². The van der Waals surface area contributed by atoms with E-state index in [1.807, 2.05) is 0 Å². The molecule has 0 saturated heterocycles. The smallest absolute Gasteiger partial charge is 0.411 e. The Morgan fingerprint density at radius 3 is 1.15 bits per heavy atom. The third-order valence-electron chi connectivity index (χ3n) is 4.92.